The zero-order valence-corrected chi connectivity index (χ0v) is 7.99. The number of aliphatic hydroxyl groups excluding tert-OH is 1. The lowest BCUT2D eigenvalue weighted by atomic mass is 10.4. The number of hydrogen-bond donors (Lipinski definition) is 1. The minimum atomic E-state index is -4.28. The van der Waals surface area contributed by atoms with E-state index >= 15 is 0 Å². The molecule has 7 heteroatoms. The van der Waals surface area contributed by atoms with Gasteiger partial charge in [0.15, 0.2) is 0 Å². The second kappa shape index (κ2) is 4.43. The summed E-state index contributed by atoms with van der Waals surface area (Å²) >= 11 is 0. The Morgan fingerprint density at radius 1 is 1.33 bits per heavy atom. The van der Waals surface area contributed by atoms with Gasteiger partial charge in [0.05, 0.1) is 6.61 Å². The predicted octanol–water partition coefficient (Wildman–Crippen LogP) is 0.967. The Kier molecular flexibility index (Phi) is 3.46. The van der Waals surface area contributed by atoms with Gasteiger partial charge >= 0.3 is 6.18 Å². The molecule has 0 saturated carbocycles. The van der Waals surface area contributed by atoms with Crippen molar-refractivity contribution in [3.8, 4) is 0 Å². The fraction of sp³-hybridized carbons (Fsp3) is 0.500. The van der Waals surface area contributed by atoms with Gasteiger partial charge in [-0.3, -0.25) is 0 Å². The van der Waals surface area contributed by atoms with Gasteiger partial charge in [-0.1, -0.05) is 0 Å². The van der Waals surface area contributed by atoms with Crippen molar-refractivity contribution in [1.82, 2.24) is 9.97 Å². The minimum absolute atomic E-state index is 0.0236. The van der Waals surface area contributed by atoms with E-state index in [1.165, 1.54) is 19.4 Å². The van der Waals surface area contributed by atoms with Crippen LogP contribution in [0.4, 0.5) is 19.1 Å². The SMILES string of the molecule is CN(CC(F)(F)F)c1ncc(CO)cn1. The summed E-state index contributed by atoms with van der Waals surface area (Å²) in [5, 5.41) is 8.68. The summed E-state index contributed by atoms with van der Waals surface area (Å²) in [5.41, 5.74) is 0.458. The van der Waals surface area contributed by atoms with Gasteiger partial charge < -0.3 is 10.0 Å². The Labute approximate surface area is 84.4 Å². The van der Waals surface area contributed by atoms with Crippen LogP contribution in [0, 0.1) is 0 Å². The van der Waals surface area contributed by atoms with Crippen molar-refractivity contribution in [1.29, 1.82) is 0 Å². The maximum Gasteiger partial charge on any atom is 0.406 e. The van der Waals surface area contributed by atoms with Crippen LogP contribution in [0.3, 0.4) is 0 Å². The number of aliphatic hydroxyl groups is 1. The Morgan fingerprint density at radius 2 is 1.87 bits per heavy atom. The van der Waals surface area contributed by atoms with E-state index in [2.05, 4.69) is 9.97 Å². The zero-order valence-electron chi connectivity index (χ0n) is 7.99. The molecule has 1 rings (SSSR count). The molecule has 15 heavy (non-hydrogen) atoms. The highest BCUT2D eigenvalue weighted by atomic mass is 19.4. The summed E-state index contributed by atoms with van der Waals surface area (Å²) in [5.74, 6) is -0.0236. The minimum Gasteiger partial charge on any atom is -0.392 e. The van der Waals surface area contributed by atoms with Crippen LogP contribution in [-0.2, 0) is 6.61 Å². The quantitative estimate of drug-likeness (QED) is 0.826. The second-order valence-electron chi connectivity index (χ2n) is 3.02. The van der Waals surface area contributed by atoms with Crippen molar-refractivity contribution in [3.63, 3.8) is 0 Å². The highest BCUT2D eigenvalue weighted by molar-refractivity contribution is 5.28. The first kappa shape index (κ1) is 11.7. The fourth-order valence-corrected chi connectivity index (χ4v) is 0.966. The van der Waals surface area contributed by atoms with Crippen molar-refractivity contribution < 1.29 is 18.3 Å². The van der Waals surface area contributed by atoms with E-state index in [0.717, 1.165) is 4.90 Å². The van der Waals surface area contributed by atoms with Crippen LogP contribution in [0.2, 0.25) is 0 Å². The van der Waals surface area contributed by atoms with Gasteiger partial charge in [0.25, 0.3) is 0 Å². The summed E-state index contributed by atoms with van der Waals surface area (Å²) in [6, 6.07) is 0. The average Bonchev–Trinajstić information content (AvgIpc) is 2.15. The predicted molar refractivity (Wildman–Crippen MR) is 47.3 cm³/mol. The molecule has 4 nitrogen and oxygen atoms in total. The third-order valence-electron chi connectivity index (χ3n) is 1.63. The summed E-state index contributed by atoms with van der Waals surface area (Å²) in [7, 11) is 1.25. The van der Waals surface area contributed by atoms with Crippen molar-refractivity contribution in [2.75, 3.05) is 18.5 Å². The van der Waals surface area contributed by atoms with E-state index < -0.39 is 12.7 Å². The van der Waals surface area contributed by atoms with Crippen LogP contribution in [-0.4, -0.2) is 34.8 Å². The molecule has 0 atom stereocenters. The molecular weight excluding hydrogens is 211 g/mol. The topological polar surface area (TPSA) is 49.2 Å². The van der Waals surface area contributed by atoms with Crippen molar-refractivity contribution in [2.45, 2.75) is 12.8 Å². The number of hydrogen-bond acceptors (Lipinski definition) is 4. The van der Waals surface area contributed by atoms with Gasteiger partial charge in [0.1, 0.15) is 6.54 Å². The molecule has 0 amide bonds. The van der Waals surface area contributed by atoms with Gasteiger partial charge in [-0.25, -0.2) is 9.97 Å². The standard InChI is InChI=1S/C8H10F3N3O/c1-14(5-8(9,10)11)7-12-2-6(4-15)3-13-7/h2-3,15H,4-5H2,1H3. The molecule has 0 aliphatic heterocycles. The molecule has 0 aliphatic rings. The second-order valence-corrected chi connectivity index (χ2v) is 3.02. The molecule has 84 valence electrons. The van der Waals surface area contributed by atoms with Crippen LogP contribution >= 0.6 is 0 Å². The normalized spacial score (nSPS) is 11.5. The Balaban J connectivity index is 2.70. The average molecular weight is 221 g/mol. The lowest BCUT2D eigenvalue weighted by Crippen LogP contribution is -2.32. The van der Waals surface area contributed by atoms with Crippen LogP contribution in [0.15, 0.2) is 12.4 Å². The number of nitrogens with zero attached hydrogens (tertiary/aromatic N) is 3. The van der Waals surface area contributed by atoms with Gasteiger partial charge in [0, 0.05) is 25.0 Å². The van der Waals surface area contributed by atoms with E-state index in [-0.39, 0.29) is 12.6 Å². The lowest BCUT2D eigenvalue weighted by molar-refractivity contribution is -0.119. The number of rotatable bonds is 3. The van der Waals surface area contributed by atoms with Gasteiger partial charge in [-0.2, -0.15) is 13.2 Å². The fourth-order valence-electron chi connectivity index (χ4n) is 0.966. The molecule has 0 radical (unpaired) electrons. The molecule has 0 aromatic carbocycles. The monoisotopic (exact) mass is 221 g/mol. The summed E-state index contributed by atoms with van der Waals surface area (Å²) < 4.78 is 36.0. The molecule has 1 N–H and O–H groups in total. The van der Waals surface area contributed by atoms with E-state index in [9.17, 15) is 13.2 Å². The molecule has 1 aromatic rings. The largest absolute Gasteiger partial charge is 0.406 e. The van der Waals surface area contributed by atoms with E-state index in [1.807, 2.05) is 0 Å². The molecular formula is C8H10F3N3O. The smallest absolute Gasteiger partial charge is 0.392 e. The lowest BCUT2D eigenvalue weighted by Gasteiger charge is -2.18. The summed E-state index contributed by atoms with van der Waals surface area (Å²) in [6.45, 7) is -1.34. The molecule has 0 fully saturated rings. The van der Waals surface area contributed by atoms with Crippen LogP contribution in [0.25, 0.3) is 0 Å². The van der Waals surface area contributed by atoms with Crippen molar-refractivity contribution in [2.24, 2.45) is 0 Å². The summed E-state index contributed by atoms with van der Waals surface area (Å²) in [6.07, 6.45) is -1.71. The molecule has 0 saturated heterocycles. The van der Waals surface area contributed by atoms with E-state index in [1.54, 1.807) is 0 Å². The van der Waals surface area contributed by atoms with Crippen LogP contribution in [0.1, 0.15) is 5.56 Å². The molecule has 1 aromatic heterocycles. The number of aromatic nitrogens is 2. The molecule has 0 aliphatic carbocycles. The highest BCUT2D eigenvalue weighted by Crippen LogP contribution is 2.17. The van der Waals surface area contributed by atoms with Gasteiger partial charge in [-0.05, 0) is 0 Å². The Morgan fingerprint density at radius 3 is 2.27 bits per heavy atom. The summed E-state index contributed by atoms with van der Waals surface area (Å²) in [4.78, 5) is 8.27. The number of halogens is 3. The van der Waals surface area contributed by atoms with Crippen LogP contribution in [0.5, 0.6) is 0 Å². The van der Waals surface area contributed by atoms with E-state index in [4.69, 9.17) is 5.11 Å². The van der Waals surface area contributed by atoms with Gasteiger partial charge in [-0.15, -0.1) is 0 Å². The highest BCUT2D eigenvalue weighted by Gasteiger charge is 2.30. The number of alkyl halides is 3. The molecule has 0 spiro atoms. The maximum atomic E-state index is 12.0. The third kappa shape index (κ3) is 3.70. The zero-order chi connectivity index (χ0) is 11.5. The van der Waals surface area contributed by atoms with Gasteiger partial charge in [0.2, 0.25) is 5.95 Å². The first-order chi connectivity index (χ1) is 6.92. The molecule has 0 bridgehead atoms. The van der Waals surface area contributed by atoms with Crippen LogP contribution < -0.4 is 4.90 Å². The van der Waals surface area contributed by atoms with E-state index in [0.29, 0.717) is 5.56 Å². The van der Waals surface area contributed by atoms with Crippen molar-refractivity contribution >= 4 is 5.95 Å². The molecule has 0 unspecified atom stereocenters. The number of anilines is 1. The van der Waals surface area contributed by atoms with Crippen molar-refractivity contribution in [3.05, 3.63) is 18.0 Å². The Hall–Kier alpha value is -1.37. The first-order valence-corrected chi connectivity index (χ1v) is 4.12. The third-order valence-corrected chi connectivity index (χ3v) is 1.63. The maximum absolute atomic E-state index is 12.0. The Bertz CT molecular complexity index is 312. The molecule has 1 heterocycles. The first-order valence-electron chi connectivity index (χ1n) is 4.12.